The number of thiophene rings is 1. The highest BCUT2D eigenvalue weighted by atomic mass is 32.1. The van der Waals surface area contributed by atoms with Crippen molar-refractivity contribution in [1.82, 2.24) is 15.5 Å². The van der Waals surface area contributed by atoms with Crippen LogP contribution < -0.4 is 5.32 Å². The number of carbonyl (C=O) groups excluding carboxylic acids is 1. The lowest BCUT2D eigenvalue weighted by Crippen LogP contribution is -2.42. The van der Waals surface area contributed by atoms with Gasteiger partial charge in [0.05, 0.1) is 18.3 Å². The van der Waals surface area contributed by atoms with E-state index in [9.17, 15) is 9.90 Å². The summed E-state index contributed by atoms with van der Waals surface area (Å²) in [4.78, 5) is 12.1. The molecule has 0 aliphatic carbocycles. The predicted octanol–water partition coefficient (Wildman–Crippen LogP) is 2.27. The van der Waals surface area contributed by atoms with Crippen LogP contribution in [0.25, 0.3) is 11.3 Å². The second-order valence-corrected chi connectivity index (χ2v) is 5.61. The molecule has 0 aliphatic heterocycles. The van der Waals surface area contributed by atoms with Crippen molar-refractivity contribution < 1.29 is 9.90 Å². The van der Waals surface area contributed by atoms with Crippen LogP contribution in [0.3, 0.4) is 0 Å². The van der Waals surface area contributed by atoms with Gasteiger partial charge in [0.25, 0.3) is 5.91 Å². The minimum Gasteiger partial charge on any atom is -0.394 e. The largest absolute Gasteiger partial charge is 0.394 e. The predicted molar refractivity (Wildman–Crippen MR) is 79.7 cm³/mol. The van der Waals surface area contributed by atoms with Gasteiger partial charge in [-0.15, -0.1) is 0 Å². The summed E-state index contributed by atoms with van der Waals surface area (Å²) in [5, 5.41) is 23.0. The van der Waals surface area contributed by atoms with E-state index in [1.165, 1.54) is 0 Å². The number of nitrogens with zero attached hydrogens (tertiary/aromatic N) is 1. The van der Waals surface area contributed by atoms with Crippen molar-refractivity contribution in [1.29, 1.82) is 0 Å². The summed E-state index contributed by atoms with van der Waals surface area (Å²) in [6.07, 6.45) is 0.897. The molecule has 1 amide bonds. The maximum atomic E-state index is 12.1. The SMILES string of the molecule is CCC(C)C(CO)NC(=O)c1cc(-c2ccsc2)n[nH]1. The molecule has 2 aromatic heterocycles. The smallest absolute Gasteiger partial charge is 0.269 e. The van der Waals surface area contributed by atoms with E-state index in [-0.39, 0.29) is 24.5 Å². The fourth-order valence-electron chi connectivity index (χ4n) is 1.89. The number of rotatable bonds is 6. The standard InChI is InChI=1S/C14H19N3O2S/c1-3-9(2)13(7-18)15-14(19)12-6-11(16-17-12)10-4-5-20-8-10/h4-6,8-9,13,18H,3,7H2,1-2H3,(H,15,19)(H,16,17). The zero-order valence-corrected chi connectivity index (χ0v) is 12.4. The Kier molecular flexibility index (Phi) is 4.92. The number of aromatic amines is 1. The number of nitrogens with one attached hydrogen (secondary N) is 2. The topological polar surface area (TPSA) is 78.0 Å². The van der Waals surface area contributed by atoms with E-state index >= 15 is 0 Å². The van der Waals surface area contributed by atoms with Crippen LogP contribution in [0.1, 0.15) is 30.8 Å². The fraction of sp³-hybridized carbons (Fsp3) is 0.429. The molecule has 0 spiro atoms. The molecule has 2 heterocycles. The van der Waals surface area contributed by atoms with Crippen molar-refractivity contribution in [3.63, 3.8) is 0 Å². The quantitative estimate of drug-likeness (QED) is 0.764. The highest BCUT2D eigenvalue weighted by molar-refractivity contribution is 7.08. The summed E-state index contributed by atoms with van der Waals surface area (Å²) >= 11 is 1.59. The van der Waals surface area contributed by atoms with Crippen LogP contribution in [0, 0.1) is 5.92 Å². The van der Waals surface area contributed by atoms with Crippen LogP contribution in [0.5, 0.6) is 0 Å². The molecule has 3 N–H and O–H groups in total. The van der Waals surface area contributed by atoms with E-state index in [4.69, 9.17) is 0 Å². The second-order valence-electron chi connectivity index (χ2n) is 4.83. The van der Waals surface area contributed by atoms with E-state index in [1.54, 1.807) is 17.4 Å². The van der Waals surface area contributed by atoms with Crippen molar-refractivity contribution in [2.24, 2.45) is 5.92 Å². The molecular weight excluding hydrogens is 274 g/mol. The number of aliphatic hydroxyl groups is 1. The van der Waals surface area contributed by atoms with Crippen molar-refractivity contribution in [3.8, 4) is 11.3 Å². The number of aromatic nitrogens is 2. The molecule has 108 valence electrons. The Hall–Kier alpha value is -1.66. The van der Waals surface area contributed by atoms with Gasteiger partial charge in [-0.25, -0.2) is 0 Å². The molecule has 0 fully saturated rings. The number of H-pyrrole nitrogens is 1. The maximum Gasteiger partial charge on any atom is 0.269 e. The molecule has 0 saturated heterocycles. The van der Waals surface area contributed by atoms with Gasteiger partial charge < -0.3 is 10.4 Å². The van der Waals surface area contributed by atoms with Gasteiger partial charge in [-0.05, 0) is 23.4 Å². The van der Waals surface area contributed by atoms with Gasteiger partial charge in [-0.1, -0.05) is 20.3 Å². The molecule has 2 unspecified atom stereocenters. The molecule has 20 heavy (non-hydrogen) atoms. The Morgan fingerprint density at radius 3 is 3.00 bits per heavy atom. The molecule has 5 nitrogen and oxygen atoms in total. The Morgan fingerprint density at radius 2 is 2.40 bits per heavy atom. The average Bonchev–Trinajstić information content (AvgIpc) is 3.13. The third-order valence-electron chi connectivity index (χ3n) is 3.48. The van der Waals surface area contributed by atoms with Crippen molar-refractivity contribution in [2.45, 2.75) is 26.3 Å². The van der Waals surface area contributed by atoms with Gasteiger partial charge in [0.15, 0.2) is 0 Å². The Bertz CT molecular complexity index is 551. The summed E-state index contributed by atoms with van der Waals surface area (Å²) in [6.45, 7) is 3.97. The van der Waals surface area contributed by atoms with E-state index in [0.29, 0.717) is 5.69 Å². The first-order chi connectivity index (χ1) is 9.65. The minimum absolute atomic E-state index is 0.0632. The van der Waals surface area contributed by atoms with E-state index < -0.39 is 0 Å². The summed E-state index contributed by atoms with van der Waals surface area (Å²) in [5.74, 6) is -0.0125. The summed E-state index contributed by atoms with van der Waals surface area (Å²) in [7, 11) is 0. The highest BCUT2D eigenvalue weighted by Crippen LogP contribution is 2.20. The Labute approximate surface area is 122 Å². The number of hydrogen-bond donors (Lipinski definition) is 3. The molecule has 6 heteroatoms. The van der Waals surface area contributed by atoms with Crippen LogP contribution in [0.15, 0.2) is 22.9 Å². The average molecular weight is 293 g/mol. The summed E-state index contributed by atoms with van der Waals surface area (Å²) in [6, 6.07) is 3.45. The van der Waals surface area contributed by atoms with Crippen LogP contribution in [0.4, 0.5) is 0 Å². The van der Waals surface area contributed by atoms with Gasteiger partial charge in [0, 0.05) is 10.9 Å². The van der Waals surface area contributed by atoms with Gasteiger partial charge in [-0.2, -0.15) is 16.4 Å². The van der Waals surface area contributed by atoms with Gasteiger partial charge in [-0.3, -0.25) is 9.89 Å². The maximum absolute atomic E-state index is 12.1. The molecule has 0 saturated carbocycles. The number of carbonyl (C=O) groups is 1. The molecule has 2 rings (SSSR count). The van der Waals surface area contributed by atoms with Gasteiger partial charge in [0.2, 0.25) is 0 Å². The van der Waals surface area contributed by atoms with Crippen LogP contribution >= 0.6 is 11.3 Å². The van der Waals surface area contributed by atoms with Gasteiger partial charge >= 0.3 is 0 Å². The monoisotopic (exact) mass is 293 g/mol. The molecular formula is C14H19N3O2S. The van der Waals surface area contributed by atoms with E-state index in [2.05, 4.69) is 15.5 Å². The van der Waals surface area contributed by atoms with Crippen LogP contribution in [-0.2, 0) is 0 Å². The highest BCUT2D eigenvalue weighted by Gasteiger charge is 2.19. The third kappa shape index (κ3) is 3.26. The fourth-order valence-corrected chi connectivity index (χ4v) is 2.54. The van der Waals surface area contributed by atoms with Crippen molar-refractivity contribution in [3.05, 3.63) is 28.6 Å². The summed E-state index contributed by atoms with van der Waals surface area (Å²) < 4.78 is 0. The lowest BCUT2D eigenvalue weighted by molar-refractivity contribution is 0.0886. The molecule has 2 aromatic rings. The number of aliphatic hydroxyl groups excluding tert-OH is 1. The van der Waals surface area contributed by atoms with E-state index in [0.717, 1.165) is 17.7 Å². The zero-order valence-electron chi connectivity index (χ0n) is 11.6. The lowest BCUT2D eigenvalue weighted by Gasteiger charge is -2.21. The zero-order chi connectivity index (χ0) is 14.5. The molecule has 0 aromatic carbocycles. The second kappa shape index (κ2) is 6.67. The van der Waals surface area contributed by atoms with E-state index in [1.807, 2.05) is 30.7 Å². The first-order valence-electron chi connectivity index (χ1n) is 6.65. The number of amides is 1. The molecule has 0 radical (unpaired) electrons. The normalized spacial score (nSPS) is 13.9. The first kappa shape index (κ1) is 14.7. The van der Waals surface area contributed by atoms with Gasteiger partial charge in [0.1, 0.15) is 5.69 Å². The van der Waals surface area contributed by atoms with Crippen molar-refractivity contribution >= 4 is 17.2 Å². The van der Waals surface area contributed by atoms with Crippen molar-refractivity contribution in [2.75, 3.05) is 6.61 Å². The molecule has 0 aliphatic rings. The molecule has 2 atom stereocenters. The Morgan fingerprint density at radius 1 is 1.60 bits per heavy atom. The summed E-state index contributed by atoms with van der Waals surface area (Å²) in [5.41, 5.74) is 2.15. The van der Waals surface area contributed by atoms with Crippen LogP contribution in [-0.4, -0.2) is 33.9 Å². The molecule has 0 bridgehead atoms. The third-order valence-corrected chi connectivity index (χ3v) is 4.17. The lowest BCUT2D eigenvalue weighted by atomic mass is 10.00. The Balaban J connectivity index is 2.06. The first-order valence-corrected chi connectivity index (χ1v) is 7.59. The van der Waals surface area contributed by atoms with Crippen LogP contribution in [0.2, 0.25) is 0 Å². The minimum atomic E-state index is -0.238. The number of hydrogen-bond acceptors (Lipinski definition) is 4.